The number of ether oxygens (including phenoxy) is 1. The lowest BCUT2D eigenvalue weighted by atomic mass is 10.8. The fourth-order valence-electron chi connectivity index (χ4n) is 0.263. The Morgan fingerprint density at radius 3 is 3.00 bits per heavy atom. The molecular formula is C5H9NO2. The van der Waals surface area contributed by atoms with Crippen LogP contribution in [0.15, 0.2) is 17.1 Å². The molecule has 0 saturated heterocycles. The Labute approximate surface area is 48.3 Å². The Morgan fingerprint density at radius 2 is 2.62 bits per heavy atom. The lowest BCUT2D eigenvalue weighted by molar-refractivity contribution is 0.101. The van der Waals surface area contributed by atoms with E-state index in [1.54, 1.807) is 6.92 Å². The number of nitrogens with zero attached hydrogens (tertiary/aromatic N) is 1. The lowest BCUT2D eigenvalue weighted by Crippen LogP contribution is -1.87. The van der Waals surface area contributed by atoms with Crippen molar-refractivity contribution in [2.24, 2.45) is 4.99 Å². The van der Waals surface area contributed by atoms with Crippen LogP contribution >= 0.6 is 0 Å². The molecule has 0 saturated carbocycles. The number of hydrogen-bond acceptors (Lipinski definition) is 3. The SMILES string of the molecule is C=NC=C(O)OCC. The molecule has 0 fully saturated rings. The predicted molar refractivity (Wildman–Crippen MR) is 31.9 cm³/mol. The lowest BCUT2D eigenvalue weighted by Gasteiger charge is -1.95. The molecule has 0 bridgehead atoms. The van der Waals surface area contributed by atoms with Crippen molar-refractivity contribution in [2.45, 2.75) is 6.92 Å². The Bertz CT molecular complexity index is 98.6. The van der Waals surface area contributed by atoms with Crippen LogP contribution in [0.25, 0.3) is 0 Å². The van der Waals surface area contributed by atoms with Gasteiger partial charge in [-0.2, -0.15) is 0 Å². The zero-order chi connectivity index (χ0) is 6.41. The van der Waals surface area contributed by atoms with Gasteiger partial charge in [-0.3, -0.25) is 4.99 Å². The van der Waals surface area contributed by atoms with Crippen LogP contribution < -0.4 is 0 Å². The highest BCUT2D eigenvalue weighted by atomic mass is 16.6. The predicted octanol–water partition coefficient (Wildman–Crippen LogP) is 1.08. The van der Waals surface area contributed by atoms with Crippen LogP contribution in [0.5, 0.6) is 0 Å². The summed E-state index contributed by atoms with van der Waals surface area (Å²) in [4.78, 5) is 3.27. The minimum Gasteiger partial charge on any atom is -0.480 e. The largest absolute Gasteiger partial charge is 0.480 e. The summed E-state index contributed by atoms with van der Waals surface area (Å²) in [6.07, 6.45) is 1.14. The topological polar surface area (TPSA) is 41.8 Å². The third-order valence-corrected chi connectivity index (χ3v) is 0.494. The Hall–Kier alpha value is -0.990. The van der Waals surface area contributed by atoms with Gasteiger partial charge in [0, 0.05) is 0 Å². The van der Waals surface area contributed by atoms with E-state index in [1.165, 1.54) is 0 Å². The molecule has 46 valence electrons. The van der Waals surface area contributed by atoms with E-state index in [1.807, 2.05) is 0 Å². The normalized spacial score (nSPS) is 10.9. The summed E-state index contributed by atoms with van der Waals surface area (Å²) < 4.78 is 4.57. The molecule has 1 N–H and O–H groups in total. The van der Waals surface area contributed by atoms with Gasteiger partial charge in [-0.15, -0.1) is 0 Å². The van der Waals surface area contributed by atoms with Gasteiger partial charge in [-0.25, -0.2) is 0 Å². The second-order valence-electron chi connectivity index (χ2n) is 1.08. The summed E-state index contributed by atoms with van der Waals surface area (Å²) in [7, 11) is 0. The Balaban J connectivity index is 3.44. The highest BCUT2D eigenvalue weighted by molar-refractivity contribution is 5.25. The number of rotatable bonds is 3. The monoisotopic (exact) mass is 115 g/mol. The first-order chi connectivity index (χ1) is 3.81. The van der Waals surface area contributed by atoms with Gasteiger partial charge >= 0.3 is 0 Å². The molecule has 3 nitrogen and oxygen atoms in total. The molecule has 0 radical (unpaired) electrons. The summed E-state index contributed by atoms with van der Waals surface area (Å²) in [5.74, 6) is -0.192. The molecule has 0 unspecified atom stereocenters. The van der Waals surface area contributed by atoms with Crippen molar-refractivity contribution < 1.29 is 9.84 Å². The van der Waals surface area contributed by atoms with Gasteiger partial charge in [0.25, 0.3) is 5.95 Å². The minimum absolute atomic E-state index is 0.192. The average Bonchev–Trinajstić information content (AvgIpc) is 1.68. The summed E-state index contributed by atoms with van der Waals surface area (Å²) in [5.41, 5.74) is 0. The zero-order valence-corrected chi connectivity index (χ0v) is 4.79. The average molecular weight is 115 g/mol. The molecule has 0 aliphatic carbocycles. The van der Waals surface area contributed by atoms with Crippen LogP contribution in [-0.2, 0) is 4.74 Å². The number of hydrogen-bond donors (Lipinski definition) is 1. The van der Waals surface area contributed by atoms with E-state index >= 15 is 0 Å². The quantitative estimate of drug-likeness (QED) is 0.441. The van der Waals surface area contributed by atoms with Crippen LogP contribution in [0.2, 0.25) is 0 Å². The number of aliphatic imine (C=N–C) groups is 1. The van der Waals surface area contributed by atoms with Crippen LogP contribution in [-0.4, -0.2) is 18.4 Å². The van der Waals surface area contributed by atoms with Gasteiger partial charge in [-0.1, -0.05) is 0 Å². The molecule has 3 heteroatoms. The van der Waals surface area contributed by atoms with Crippen molar-refractivity contribution in [2.75, 3.05) is 6.61 Å². The Morgan fingerprint density at radius 1 is 2.00 bits per heavy atom. The molecule has 0 amide bonds. The first-order valence-electron chi connectivity index (χ1n) is 2.29. The highest BCUT2D eigenvalue weighted by Crippen LogP contribution is 1.88. The van der Waals surface area contributed by atoms with Crippen LogP contribution in [0.3, 0.4) is 0 Å². The van der Waals surface area contributed by atoms with Gasteiger partial charge in [0.2, 0.25) is 0 Å². The van der Waals surface area contributed by atoms with Gasteiger partial charge in [0.15, 0.2) is 0 Å². The van der Waals surface area contributed by atoms with Crippen molar-refractivity contribution in [3.8, 4) is 0 Å². The van der Waals surface area contributed by atoms with E-state index in [0.717, 1.165) is 6.20 Å². The molecule has 0 aromatic heterocycles. The van der Waals surface area contributed by atoms with Gasteiger partial charge in [0.05, 0.1) is 6.61 Å². The molecule has 8 heavy (non-hydrogen) atoms. The van der Waals surface area contributed by atoms with E-state index in [9.17, 15) is 0 Å². The van der Waals surface area contributed by atoms with E-state index in [2.05, 4.69) is 16.4 Å². The zero-order valence-electron chi connectivity index (χ0n) is 4.79. The smallest absolute Gasteiger partial charge is 0.295 e. The van der Waals surface area contributed by atoms with Crippen molar-refractivity contribution in [3.05, 3.63) is 12.1 Å². The van der Waals surface area contributed by atoms with E-state index in [0.29, 0.717) is 6.61 Å². The molecule has 0 atom stereocenters. The maximum Gasteiger partial charge on any atom is 0.295 e. The second kappa shape index (κ2) is 4.18. The van der Waals surface area contributed by atoms with Gasteiger partial charge in [0.1, 0.15) is 6.20 Å². The first kappa shape index (κ1) is 7.01. The van der Waals surface area contributed by atoms with E-state index < -0.39 is 0 Å². The molecule has 0 heterocycles. The highest BCUT2D eigenvalue weighted by Gasteiger charge is 1.84. The maximum absolute atomic E-state index is 8.55. The summed E-state index contributed by atoms with van der Waals surface area (Å²) >= 11 is 0. The van der Waals surface area contributed by atoms with Gasteiger partial charge < -0.3 is 9.84 Å². The minimum atomic E-state index is -0.192. The van der Waals surface area contributed by atoms with Crippen molar-refractivity contribution in [1.82, 2.24) is 0 Å². The summed E-state index contributed by atoms with van der Waals surface area (Å²) in [6, 6.07) is 0. The third-order valence-electron chi connectivity index (χ3n) is 0.494. The summed E-state index contributed by atoms with van der Waals surface area (Å²) in [6.45, 7) is 5.33. The third kappa shape index (κ3) is 3.21. The number of aliphatic hydroxyl groups is 1. The first-order valence-corrected chi connectivity index (χ1v) is 2.29. The fourth-order valence-corrected chi connectivity index (χ4v) is 0.263. The van der Waals surface area contributed by atoms with Crippen molar-refractivity contribution in [1.29, 1.82) is 0 Å². The molecular weight excluding hydrogens is 106 g/mol. The second-order valence-corrected chi connectivity index (χ2v) is 1.08. The molecule has 0 aliphatic heterocycles. The van der Waals surface area contributed by atoms with Crippen LogP contribution in [0.4, 0.5) is 0 Å². The van der Waals surface area contributed by atoms with E-state index in [4.69, 9.17) is 5.11 Å². The van der Waals surface area contributed by atoms with Crippen molar-refractivity contribution >= 4 is 6.72 Å². The van der Waals surface area contributed by atoms with E-state index in [-0.39, 0.29) is 5.95 Å². The van der Waals surface area contributed by atoms with Gasteiger partial charge in [-0.05, 0) is 13.6 Å². The standard InChI is InChI=1S/C5H9NO2/c1-3-8-5(7)4-6-2/h4,7H,2-3H2,1H3. The molecule has 0 spiro atoms. The van der Waals surface area contributed by atoms with Crippen molar-refractivity contribution in [3.63, 3.8) is 0 Å². The molecule has 0 aromatic carbocycles. The maximum atomic E-state index is 8.55. The fraction of sp³-hybridized carbons (Fsp3) is 0.400. The van der Waals surface area contributed by atoms with Crippen LogP contribution in [0, 0.1) is 0 Å². The molecule has 0 rings (SSSR count). The Kier molecular flexibility index (Phi) is 3.66. The number of aliphatic hydroxyl groups excluding tert-OH is 1. The molecule has 0 aliphatic rings. The van der Waals surface area contributed by atoms with Crippen LogP contribution in [0.1, 0.15) is 6.92 Å². The molecule has 0 aromatic rings. The summed E-state index contributed by atoms with van der Waals surface area (Å²) in [5, 5.41) is 8.55.